The molecule has 3 N–H and O–H groups in total. The summed E-state index contributed by atoms with van der Waals surface area (Å²) in [4.78, 5) is 45.7. The highest BCUT2D eigenvalue weighted by atomic mass is 16.5. The van der Waals surface area contributed by atoms with Gasteiger partial charge in [0, 0.05) is 42.5 Å². The molecule has 3 heterocycles. The van der Waals surface area contributed by atoms with Crippen LogP contribution in [0, 0.1) is 6.92 Å². The molecule has 2 aliphatic rings. The number of nitrogens with zero attached hydrogens (tertiary/aromatic N) is 2. The third-order valence-corrected chi connectivity index (χ3v) is 8.32. The maximum atomic E-state index is 13.1. The third-order valence-electron chi connectivity index (χ3n) is 8.32. The number of rotatable bonds is 9. The van der Waals surface area contributed by atoms with Crippen molar-refractivity contribution in [2.24, 2.45) is 0 Å². The van der Waals surface area contributed by atoms with E-state index in [1.54, 1.807) is 50.7 Å². The molecule has 5 rings (SSSR count). The normalized spacial score (nSPS) is 19.9. The first-order valence-corrected chi connectivity index (χ1v) is 14.2. The summed E-state index contributed by atoms with van der Waals surface area (Å²) in [6.45, 7) is 1.90. The number of aromatic nitrogens is 1. The molecule has 3 atom stereocenters. The Morgan fingerprint density at radius 2 is 1.64 bits per heavy atom. The van der Waals surface area contributed by atoms with Crippen LogP contribution in [0.5, 0.6) is 11.5 Å². The average molecular weight is 572 g/mol. The van der Waals surface area contributed by atoms with Gasteiger partial charge in [-0.1, -0.05) is 18.2 Å². The first kappa shape index (κ1) is 28.9. The lowest BCUT2D eigenvalue weighted by Gasteiger charge is -2.40. The Bertz CT molecular complexity index is 1430. The molecule has 10 heteroatoms. The fourth-order valence-corrected chi connectivity index (χ4v) is 6.14. The van der Waals surface area contributed by atoms with E-state index in [4.69, 9.17) is 9.47 Å². The highest BCUT2D eigenvalue weighted by Crippen LogP contribution is 2.38. The number of pyridine rings is 1. The Kier molecular flexibility index (Phi) is 8.61. The summed E-state index contributed by atoms with van der Waals surface area (Å²) in [6.07, 6.45) is 5.25. The lowest BCUT2D eigenvalue weighted by molar-refractivity contribution is -0.122. The van der Waals surface area contributed by atoms with Crippen LogP contribution in [0.4, 0.5) is 5.82 Å². The summed E-state index contributed by atoms with van der Waals surface area (Å²) in [5.41, 5.74) is 2.47. The molecule has 1 aromatic heterocycles. The summed E-state index contributed by atoms with van der Waals surface area (Å²) in [7, 11) is 4.71. The predicted molar refractivity (Wildman–Crippen MR) is 159 cm³/mol. The number of carbonyl (C=O) groups is 3. The Morgan fingerprint density at radius 1 is 0.929 bits per heavy atom. The maximum Gasteiger partial charge on any atom is 0.253 e. The second-order valence-electron chi connectivity index (χ2n) is 10.8. The molecule has 0 saturated carbocycles. The van der Waals surface area contributed by atoms with Gasteiger partial charge in [-0.3, -0.25) is 14.4 Å². The van der Waals surface area contributed by atoms with Crippen molar-refractivity contribution in [3.05, 3.63) is 83.0 Å². The number of carbonyl (C=O) groups excluding carboxylic acids is 3. The van der Waals surface area contributed by atoms with E-state index in [1.807, 2.05) is 31.2 Å². The summed E-state index contributed by atoms with van der Waals surface area (Å²) in [5.74, 6) is 1.37. The van der Waals surface area contributed by atoms with Gasteiger partial charge in [-0.15, -0.1) is 0 Å². The van der Waals surface area contributed by atoms with Crippen LogP contribution in [0.1, 0.15) is 63.6 Å². The van der Waals surface area contributed by atoms with Crippen molar-refractivity contribution < 1.29 is 23.9 Å². The van der Waals surface area contributed by atoms with Gasteiger partial charge in [0.2, 0.25) is 5.91 Å². The van der Waals surface area contributed by atoms with Gasteiger partial charge in [-0.05, 0) is 74.6 Å². The van der Waals surface area contributed by atoms with Crippen molar-refractivity contribution in [3.63, 3.8) is 0 Å². The van der Waals surface area contributed by atoms with Crippen LogP contribution >= 0.6 is 0 Å². The third kappa shape index (κ3) is 5.88. The van der Waals surface area contributed by atoms with Crippen molar-refractivity contribution in [1.82, 2.24) is 20.9 Å². The highest BCUT2D eigenvalue weighted by molar-refractivity contribution is 5.98. The minimum absolute atomic E-state index is 0.0708. The number of nitrogens with one attached hydrogen (secondary N) is 3. The monoisotopic (exact) mass is 571 g/mol. The number of hydrogen-bond acceptors (Lipinski definition) is 7. The van der Waals surface area contributed by atoms with Gasteiger partial charge >= 0.3 is 0 Å². The Balaban J connectivity index is 1.23. The molecular weight excluding hydrogens is 534 g/mol. The molecule has 0 radical (unpaired) electrons. The van der Waals surface area contributed by atoms with Crippen molar-refractivity contribution in [3.8, 4) is 11.5 Å². The van der Waals surface area contributed by atoms with E-state index < -0.39 is 11.9 Å². The molecule has 3 aromatic rings. The lowest BCUT2D eigenvalue weighted by Crippen LogP contribution is -2.50. The molecule has 2 saturated heterocycles. The Morgan fingerprint density at radius 3 is 2.24 bits per heavy atom. The van der Waals surface area contributed by atoms with Crippen molar-refractivity contribution in [1.29, 1.82) is 0 Å². The molecule has 10 nitrogen and oxygen atoms in total. The molecule has 2 fully saturated rings. The smallest absolute Gasteiger partial charge is 0.253 e. The van der Waals surface area contributed by atoms with Gasteiger partial charge in [0.1, 0.15) is 23.4 Å². The van der Waals surface area contributed by atoms with Gasteiger partial charge in [-0.25, -0.2) is 4.98 Å². The van der Waals surface area contributed by atoms with Crippen molar-refractivity contribution in [2.45, 2.75) is 56.8 Å². The van der Waals surface area contributed by atoms with E-state index in [0.29, 0.717) is 28.2 Å². The fourth-order valence-electron chi connectivity index (χ4n) is 6.14. The molecule has 42 heavy (non-hydrogen) atoms. The number of piperidine rings is 1. The average Bonchev–Trinajstić information content (AvgIpc) is 3.29. The van der Waals surface area contributed by atoms with Crippen LogP contribution < -0.4 is 30.3 Å². The largest absolute Gasteiger partial charge is 0.497 e. The van der Waals surface area contributed by atoms with Gasteiger partial charge in [0.15, 0.2) is 0 Å². The number of amides is 3. The number of anilines is 1. The van der Waals surface area contributed by atoms with Crippen LogP contribution in [-0.2, 0) is 4.79 Å². The van der Waals surface area contributed by atoms with E-state index in [0.717, 1.165) is 37.1 Å². The van der Waals surface area contributed by atoms with Crippen LogP contribution in [-0.4, -0.2) is 62.1 Å². The molecule has 2 unspecified atom stereocenters. The summed E-state index contributed by atoms with van der Waals surface area (Å²) in [5, 5.41) is 8.67. The summed E-state index contributed by atoms with van der Waals surface area (Å²) >= 11 is 0. The molecule has 2 aromatic carbocycles. The Hall–Kier alpha value is -4.60. The zero-order valence-electron chi connectivity index (χ0n) is 24.3. The molecule has 0 spiro atoms. The van der Waals surface area contributed by atoms with Crippen molar-refractivity contribution >= 4 is 23.5 Å². The lowest BCUT2D eigenvalue weighted by atomic mass is 9.96. The highest BCUT2D eigenvalue weighted by Gasteiger charge is 2.42. The number of likely N-dealkylation sites (N-methyl/N-ethyl adjacent to an activating group) is 1. The first-order valence-electron chi connectivity index (χ1n) is 14.2. The quantitative estimate of drug-likeness (QED) is 0.359. The van der Waals surface area contributed by atoms with E-state index in [1.165, 1.54) is 7.05 Å². The van der Waals surface area contributed by atoms with Gasteiger partial charge in [-0.2, -0.15) is 0 Å². The number of benzene rings is 2. The van der Waals surface area contributed by atoms with Crippen molar-refractivity contribution in [2.75, 3.05) is 26.2 Å². The molecule has 220 valence electrons. The zero-order valence-corrected chi connectivity index (χ0v) is 24.3. The van der Waals surface area contributed by atoms with E-state index >= 15 is 0 Å². The molecule has 3 amide bonds. The molecular formula is C32H37N5O5. The van der Waals surface area contributed by atoms with Gasteiger partial charge in [0.25, 0.3) is 11.8 Å². The van der Waals surface area contributed by atoms with Crippen LogP contribution in [0.2, 0.25) is 0 Å². The van der Waals surface area contributed by atoms with Crippen LogP contribution in [0.3, 0.4) is 0 Å². The second kappa shape index (κ2) is 12.5. The van der Waals surface area contributed by atoms with Crippen LogP contribution in [0.15, 0.2) is 60.8 Å². The standard InChI is InChI=1S/C32H37N5O5/c1-19-26(6-5-7-27(19)42-4)31(39)35-22-16-23-11-12-24(17-22)37(23)28-15-10-21(18-34-28)30(38)36-29(32(40)33-2)20-8-13-25(41-3)14-9-20/h5-10,13-15,18,22-24,29H,11-12,16-17H2,1-4H3,(H,33,40)(H,35,39)(H,36,38)/t22?,23?,24?,29-/m0/s1. The minimum Gasteiger partial charge on any atom is -0.497 e. The van der Waals surface area contributed by atoms with Crippen LogP contribution in [0.25, 0.3) is 0 Å². The number of methoxy groups -OCH3 is 2. The fraction of sp³-hybridized carbons (Fsp3) is 0.375. The first-order chi connectivity index (χ1) is 20.3. The van der Waals surface area contributed by atoms with E-state index in [2.05, 4.69) is 25.8 Å². The second-order valence-corrected chi connectivity index (χ2v) is 10.8. The minimum atomic E-state index is -0.862. The summed E-state index contributed by atoms with van der Waals surface area (Å²) in [6, 6.07) is 15.8. The van der Waals surface area contributed by atoms with Gasteiger partial charge in [0.05, 0.1) is 19.8 Å². The molecule has 2 aliphatic heterocycles. The maximum absolute atomic E-state index is 13.1. The Labute approximate surface area is 245 Å². The molecule has 2 bridgehead atoms. The number of hydrogen-bond donors (Lipinski definition) is 3. The topological polar surface area (TPSA) is 122 Å². The summed E-state index contributed by atoms with van der Waals surface area (Å²) < 4.78 is 10.6. The number of fused-ring (bicyclic) bond motifs is 2. The number of ether oxygens (including phenoxy) is 2. The van der Waals surface area contributed by atoms with E-state index in [9.17, 15) is 14.4 Å². The van der Waals surface area contributed by atoms with Gasteiger partial charge < -0.3 is 30.3 Å². The predicted octanol–water partition coefficient (Wildman–Crippen LogP) is 3.55. The molecule has 0 aliphatic carbocycles. The zero-order chi connectivity index (χ0) is 29.8. The SMILES string of the molecule is CNC(=O)[C@@H](NC(=O)c1ccc(N2C3CCC2CC(NC(=O)c2cccc(OC)c2C)C3)nc1)c1ccc(OC)cc1. The van der Waals surface area contributed by atoms with E-state index in [-0.39, 0.29) is 29.9 Å².